The van der Waals surface area contributed by atoms with Crippen LogP contribution in [-0.2, 0) is 26.2 Å². The van der Waals surface area contributed by atoms with Crippen molar-refractivity contribution in [1.82, 2.24) is 10.2 Å². The van der Waals surface area contributed by atoms with Crippen LogP contribution >= 0.6 is 0 Å². The zero-order valence-electron chi connectivity index (χ0n) is 24.0. The van der Waals surface area contributed by atoms with E-state index in [2.05, 4.69) is 5.32 Å². The molecule has 2 aromatic carbocycles. The summed E-state index contributed by atoms with van der Waals surface area (Å²) in [5.41, 5.74) is 1.34. The smallest absolute Gasteiger partial charge is 0.243 e. The first-order valence-corrected chi connectivity index (χ1v) is 15.3. The van der Waals surface area contributed by atoms with Gasteiger partial charge in [0, 0.05) is 25.6 Å². The number of carbonyl (C=O) groups is 2. The fourth-order valence-corrected chi connectivity index (χ4v) is 5.17. The van der Waals surface area contributed by atoms with Crippen molar-refractivity contribution in [2.75, 3.05) is 30.8 Å². The predicted octanol–water partition coefficient (Wildman–Crippen LogP) is 4.36. The first-order chi connectivity index (χ1) is 18.5. The number of hydrogen-bond donors (Lipinski definition) is 1. The average Bonchev–Trinajstić information content (AvgIpc) is 2.91. The van der Waals surface area contributed by atoms with Gasteiger partial charge in [-0.25, -0.2) is 8.42 Å². The highest BCUT2D eigenvalue weighted by Crippen LogP contribution is 2.23. The molecule has 10 heteroatoms. The van der Waals surface area contributed by atoms with Gasteiger partial charge in [-0.15, -0.1) is 0 Å². The maximum atomic E-state index is 13.6. The Hall–Kier alpha value is -3.27. The number of nitrogens with one attached hydrogen (secondary N) is 1. The minimum Gasteiger partial charge on any atom is -0.497 e. The van der Waals surface area contributed by atoms with Crippen LogP contribution in [-0.4, -0.2) is 63.7 Å². The summed E-state index contributed by atoms with van der Waals surface area (Å²) in [7, 11) is -2.00. The van der Waals surface area contributed by atoms with Gasteiger partial charge < -0.3 is 19.7 Å². The molecule has 0 radical (unpaired) electrons. The van der Waals surface area contributed by atoms with Crippen molar-refractivity contribution in [2.45, 2.75) is 72.0 Å². The number of ether oxygens (including phenoxy) is 2. The second-order valence-corrected chi connectivity index (χ2v) is 11.4. The second-order valence-electron chi connectivity index (χ2n) is 9.48. The number of amides is 2. The number of sulfonamides is 1. The fourth-order valence-electron chi connectivity index (χ4n) is 4.21. The molecule has 0 saturated carbocycles. The average molecular weight is 562 g/mol. The number of rotatable bonds is 16. The summed E-state index contributed by atoms with van der Waals surface area (Å²) in [6, 6.07) is 13.6. The summed E-state index contributed by atoms with van der Waals surface area (Å²) >= 11 is 0. The van der Waals surface area contributed by atoms with Gasteiger partial charge in [-0.05, 0) is 75.1 Å². The summed E-state index contributed by atoms with van der Waals surface area (Å²) in [5, 5.41) is 3.00. The van der Waals surface area contributed by atoms with Crippen LogP contribution in [0.25, 0.3) is 0 Å². The fraction of sp³-hybridized carbons (Fsp3) is 0.517. The number of benzene rings is 2. The number of methoxy groups -OCH3 is 1. The third-order valence-corrected chi connectivity index (χ3v) is 7.66. The van der Waals surface area contributed by atoms with Gasteiger partial charge in [0.25, 0.3) is 0 Å². The SMILES string of the molecule is CCOc1ccc(N(CCCC(=O)N(Cc2cccc(OC)c2)C(CC)C(=O)NC(C)CC)S(C)(=O)=O)cc1. The molecule has 0 bridgehead atoms. The van der Waals surface area contributed by atoms with Crippen LogP contribution < -0.4 is 19.1 Å². The molecule has 39 heavy (non-hydrogen) atoms. The van der Waals surface area contributed by atoms with Crippen molar-refractivity contribution in [1.29, 1.82) is 0 Å². The van der Waals surface area contributed by atoms with Gasteiger partial charge >= 0.3 is 0 Å². The van der Waals surface area contributed by atoms with Crippen LogP contribution in [0.2, 0.25) is 0 Å². The molecule has 1 N–H and O–H groups in total. The van der Waals surface area contributed by atoms with Crippen molar-refractivity contribution in [2.24, 2.45) is 0 Å². The van der Waals surface area contributed by atoms with Crippen molar-refractivity contribution in [3.8, 4) is 11.5 Å². The summed E-state index contributed by atoms with van der Waals surface area (Å²) in [4.78, 5) is 28.3. The van der Waals surface area contributed by atoms with E-state index < -0.39 is 16.1 Å². The highest BCUT2D eigenvalue weighted by molar-refractivity contribution is 7.92. The zero-order chi connectivity index (χ0) is 29.0. The highest BCUT2D eigenvalue weighted by Gasteiger charge is 2.29. The third-order valence-electron chi connectivity index (χ3n) is 6.46. The molecule has 216 valence electrons. The first kappa shape index (κ1) is 31.9. The van der Waals surface area contributed by atoms with Crippen molar-refractivity contribution in [3.05, 3.63) is 54.1 Å². The van der Waals surface area contributed by atoms with Crippen LogP contribution in [0.15, 0.2) is 48.5 Å². The Morgan fingerprint density at radius 3 is 2.26 bits per heavy atom. The van der Waals surface area contributed by atoms with E-state index in [1.807, 2.05) is 52.0 Å². The van der Waals surface area contributed by atoms with E-state index in [0.717, 1.165) is 18.2 Å². The lowest BCUT2D eigenvalue weighted by Gasteiger charge is -2.32. The summed E-state index contributed by atoms with van der Waals surface area (Å²) < 4.78 is 37.2. The third kappa shape index (κ3) is 9.76. The monoisotopic (exact) mass is 561 g/mol. The largest absolute Gasteiger partial charge is 0.497 e. The van der Waals surface area contributed by atoms with Gasteiger partial charge in [-0.1, -0.05) is 26.0 Å². The molecule has 0 heterocycles. The minimum atomic E-state index is -3.58. The molecular weight excluding hydrogens is 518 g/mol. The van der Waals surface area contributed by atoms with Crippen molar-refractivity contribution in [3.63, 3.8) is 0 Å². The Morgan fingerprint density at radius 1 is 1.00 bits per heavy atom. The molecule has 9 nitrogen and oxygen atoms in total. The van der Waals surface area contributed by atoms with E-state index in [1.54, 1.807) is 36.3 Å². The summed E-state index contributed by atoms with van der Waals surface area (Å²) in [5.74, 6) is 0.898. The Bertz CT molecular complexity index is 1170. The Labute approximate surface area is 233 Å². The molecule has 2 aromatic rings. The lowest BCUT2D eigenvalue weighted by molar-refractivity contribution is -0.141. The minimum absolute atomic E-state index is 0.0160. The van der Waals surface area contributed by atoms with Crippen LogP contribution in [0.3, 0.4) is 0 Å². The molecule has 0 aliphatic rings. The summed E-state index contributed by atoms with van der Waals surface area (Å²) in [6.45, 7) is 8.55. The van der Waals surface area contributed by atoms with Gasteiger partial charge in [0.2, 0.25) is 21.8 Å². The maximum absolute atomic E-state index is 13.6. The van der Waals surface area contributed by atoms with Gasteiger partial charge in [-0.2, -0.15) is 0 Å². The number of nitrogens with zero attached hydrogens (tertiary/aromatic N) is 2. The van der Waals surface area contributed by atoms with Crippen molar-refractivity contribution < 1.29 is 27.5 Å². The van der Waals surface area contributed by atoms with E-state index in [-0.39, 0.29) is 43.8 Å². The molecule has 0 saturated heterocycles. The number of hydrogen-bond acceptors (Lipinski definition) is 6. The van der Waals surface area contributed by atoms with Crippen molar-refractivity contribution >= 4 is 27.5 Å². The lowest BCUT2D eigenvalue weighted by Crippen LogP contribution is -2.50. The zero-order valence-corrected chi connectivity index (χ0v) is 24.8. The van der Waals surface area contributed by atoms with E-state index in [9.17, 15) is 18.0 Å². The van der Waals surface area contributed by atoms with Gasteiger partial charge in [-0.3, -0.25) is 13.9 Å². The van der Waals surface area contributed by atoms with Crippen LogP contribution in [0.5, 0.6) is 11.5 Å². The van der Waals surface area contributed by atoms with E-state index >= 15 is 0 Å². The van der Waals surface area contributed by atoms with Gasteiger partial charge in [0.1, 0.15) is 17.5 Å². The topological polar surface area (TPSA) is 105 Å². The Morgan fingerprint density at radius 2 is 1.69 bits per heavy atom. The first-order valence-electron chi connectivity index (χ1n) is 13.5. The van der Waals surface area contributed by atoms with E-state index in [4.69, 9.17) is 9.47 Å². The van der Waals surface area contributed by atoms with Crippen LogP contribution in [0.1, 0.15) is 58.9 Å². The van der Waals surface area contributed by atoms with Gasteiger partial charge in [0.15, 0.2) is 0 Å². The normalized spacial score (nSPS) is 12.8. The van der Waals surface area contributed by atoms with E-state index in [0.29, 0.717) is 30.2 Å². The van der Waals surface area contributed by atoms with Crippen LogP contribution in [0.4, 0.5) is 5.69 Å². The molecule has 2 rings (SSSR count). The molecule has 2 unspecified atom stereocenters. The number of carbonyl (C=O) groups excluding carboxylic acids is 2. The van der Waals surface area contributed by atoms with Crippen LogP contribution in [0, 0.1) is 0 Å². The quantitative estimate of drug-likeness (QED) is 0.327. The van der Waals surface area contributed by atoms with E-state index in [1.165, 1.54) is 4.31 Å². The molecular formula is C29H43N3O6S. The second kappa shape index (κ2) is 15.4. The Kier molecular flexibility index (Phi) is 12.6. The molecule has 0 fully saturated rings. The standard InChI is InChI=1S/C29H43N3O6S/c1-7-22(4)30-29(34)27(8-2)31(21-23-12-10-13-26(20-23)37-5)28(33)14-11-19-32(39(6,35)36)24-15-17-25(18-16-24)38-9-3/h10,12-13,15-18,20,22,27H,7-9,11,14,19,21H2,1-6H3,(H,30,34). The molecule has 0 spiro atoms. The Balaban J connectivity index is 2.23. The lowest BCUT2D eigenvalue weighted by atomic mass is 10.1. The maximum Gasteiger partial charge on any atom is 0.243 e. The molecule has 0 aromatic heterocycles. The molecule has 0 aliphatic heterocycles. The molecule has 0 aliphatic carbocycles. The highest BCUT2D eigenvalue weighted by atomic mass is 32.2. The molecule has 2 amide bonds. The molecule has 2 atom stereocenters. The number of anilines is 1. The van der Waals surface area contributed by atoms with Gasteiger partial charge in [0.05, 0.1) is 25.7 Å². The predicted molar refractivity (Wildman–Crippen MR) is 155 cm³/mol. The summed E-state index contributed by atoms with van der Waals surface area (Å²) in [6.07, 6.45) is 2.74.